The maximum atomic E-state index is 12.7. The van der Waals surface area contributed by atoms with Gasteiger partial charge in [-0.15, -0.1) is 0 Å². The highest BCUT2D eigenvalue weighted by Gasteiger charge is 2.27. The van der Waals surface area contributed by atoms with Crippen LogP contribution in [0.1, 0.15) is 23.0 Å². The van der Waals surface area contributed by atoms with Crippen molar-refractivity contribution in [3.63, 3.8) is 0 Å². The minimum Gasteiger partial charge on any atom is -0.306 e. The Labute approximate surface area is 126 Å². The number of benzene rings is 1. The largest absolute Gasteiger partial charge is 0.306 e. The van der Waals surface area contributed by atoms with E-state index in [1.165, 1.54) is 5.56 Å². The molecule has 0 spiro atoms. The minimum atomic E-state index is -0.0368. The predicted molar refractivity (Wildman–Crippen MR) is 82.9 cm³/mol. The first kappa shape index (κ1) is 13.3. The van der Waals surface area contributed by atoms with Crippen LogP contribution >= 0.6 is 15.9 Å². The molecule has 102 valence electrons. The number of aromatic nitrogens is 1. The molecule has 1 aliphatic heterocycles. The van der Waals surface area contributed by atoms with E-state index < -0.39 is 0 Å². The summed E-state index contributed by atoms with van der Waals surface area (Å²) >= 11 is 3.32. The quantitative estimate of drug-likeness (QED) is 0.747. The van der Waals surface area contributed by atoms with Crippen molar-refractivity contribution in [1.29, 1.82) is 0 Å². The van der Waals surface area contributed by atoms with Crippen molar-refractivity contribution in [3.05, 3.63) is 58.3 Å². The number of anilines is 1. The van der Waals surface area contributed by atoms with Gasteiger partial charge in [-0.2, -0.15) is 0 Å². The van der Waals surface area contributed by atoms with Gasteiger partial charge in [0.25, 0.3) is 5.91 Å². The number of fused-ring (bicyclic) bond motifs is 1. The molecule has 2 heterocycles. The number of carbonyl (C=O) groups is 1. The molecule has 1 amide bonds. The number of rotatable bonds is 1. The SMILES string of the molecule is CC1Cc2ccccc2N(C(=O)c2cccc(Br)n2)C1. The lowest BCUT2D eigenvalue weighted by Gasteiger charge is -2.33. The molecule has 1 aromatic carbocycles. The van der Waals surface area contributed by atoms with Crippen molar-refractivity contribution >= 4 is 27.5 Å². The number of hydrogen-bond donors (Lipinski definition) is 0. The fourth-order valence-electron chi connectivity index (χ4n) is 2.65. The van der Waals surface area contributed by atoms with Crippen LogP contribution in [-0.4, -0.2) is 17.4 Å². The topological polar surface area (TPSA) is 33.2 Å². The highest BCUT2D eigenvalue weighted by Crippen LogP contribution is 2.30. The molecule has 3 rings (SSSR count). The van der Waals surface area contributed by atoms with Gasteiger partial charge < -0.3 is 4.90 Å². The van der Waals surface area contributed by atoms with Gasteiger partial charge in [0.1, 0.15) is 10.3 Å². The highest BCUT2D eigenvalue weighted by molar-refractivity contribution is 9.10. The van der Waals surface area contributed by atoms with Gasteiger partial charge in [0.2, 0.25) is 0 Å². The number of pyridine rings is 1. The van der Waals surface area contributed by atoms with Crippen LogP contribution in [0.2, 0.25) is 0 Å². The first-order valence-corrected chi connectivity index (χ1v) is 7.47. The lowest BCUT2D eigenvalue weighted by Crippen LogP contribution is -2.39. The Kier molecular flexibility index (Phi) is 3.57. The molecule has 0 N–H and O–H groups in total. The second-order valence-corrected chi connectivity index (χ2v) is 6.01. The van der Waals surface area contributed by atoms with Crippen LogP contribution < -0.4 is 4.90 Å². The highest BCUT2D eigenvalue weighted by atomic mass is 79.9. The summed E-state index contributed by atoms with van der Waals surface area (Å²) in [5.74, 6) is 0.423. The molecule has 0 fully saturated rings. The first-order valence-electron chi connectivity index (χ1n) is 6.67. The molecular weight excluding hydrogens is 316 g/mol. The molecular formula is C16H15BrN2O. The van der Waals surface area contributed by atoms with E-state index in [4.69, 9.17) is 0 Å². The van der Waals surface area contributed by atoms with E-state index >= 15 is 0 Å². The maximum absolute atomic E-state index is 12.7. The molecule has 3 nitrogen and oxygen atoms in total. The fraction of sp³-hybridized carbons (Fsp3) is 0.250. The molecule has 0 saturated carbocycles. The van der Waals surface area contributed by atoms with E-state index in [2.05, 4.69) is 33.9 Å². The van der Waals surface area contributed by atoms with Gasteiger partial charge in [-0.3, -0.25) is 4.79 Å². The van der Waals surface area contributed by atoms with Crippen molar-refractivity contribution in [2.45, 2.75) is 13.3 Å². The summed E-state index contributed by atoms with van der Waals surface area (Å²) in [5, 5.41) is 0. The monoisotopic (exact) mass is 330 g/mol. The van der Waals surface area contributed by atoms with E-state index in [9.17, 15) is 4.79 Å². The number of para-hydroxylation sites is 1. The van der Waals surface area contributed by atoms with E-state index in [0.29, 0.717) is 16.2 Å². The van der Waals surface area contributed by atoms with Crippen LogP contribution in [0.15, 0.2) is 47.1 Å². The molecule has 20 heavy (non-hydrogen) atoms. The zero-order valence-electron chi connectivity index (χ0n) is 11.2. The average Bonchev–Trinajstić information content (AvgIpc) is 2.45. The maximum Gasteiger partial charge on any atom is 0.276 e. The number of amides is 1. The summed E-state index contributed by atoms with van der Waals surface area (Å²) in [7, 11) is 0. The van der Waals surface area contributed by atoms with Crippen molar-refractivity contribution < 1.29 is 4.79 Å². The van der Waals surface area contributed by atoms with Gasteiger partial charge in [-0.05, 0) is 52.0 Å². The normalized spacial score (nSPS) is 17.7. The van der Waals surface area contributed by atoms with Crippen LogP contribution in [-0.2, 0) is 6.42 Å². The summed E-state index contributed by atoms with van der Waals surface area (Å²) in [5.41, 5.74) is 2.72. The van der Waals surface area contributed by atoms with Gasteiger partial charge in [-0.1, -0.05) is 31.2 Å². The van der Waals surface area contributed by atoms with E-state index in [1.54, 1.807) is 6.07 Å². The van der Waals surface area contributed by atoms with Crippen LogP contribution in [0, 0.1) is 5.92 Å². The van der Waals surface area contributed by atoms with Crippen molar-refractivity contribution in [3.8, 4) is 0 Å². The Morgan fingerprint density at radius 3 is 2.85 bits per heavy atom. The van der Waals surface area contributed by atoms with Crippen molar-refractivity contribution in [1.82, 2.24) is 4.98 Å². The third-order valence-corrected chi connectivity index (χ3v) is 3.97. The summed E-state index contributed by atoms with van der Waals surface area (Å²) in [4.78, 5) is 18.8. The molecule has 2 aromatic rings. The molecule has 1 unspecified atom stereocenters. The van der Waals surface area contributed by atoms with E-state index in [1.807, 2.05) is 35.2 Å². The van der Waals surface area contributed by atoms with Gasteiger partial charge in [0.05, 0.1) is 0 Å². The predicted octanol–water partition coefficient (Wildman–Crippen LogP) is 3.68. The summed E-state index contributed by atoms with van der Waals surface area (Å²) in [6.45, 7) is 2.91. The van der Waals surface area contributed by atoms with Crippen molar-refractivity contribution in [2.24, 2.45) is 5.92 Å². The third-order valence-electron chi connectivity index (χ3n) is 3.52. The van der Waals surface area contributed by atoms with Crippen LogP contribution in [0.5, 0.6) is 0 Å². The Bertz CT molecular complexity index is 656. The Morgan fingerprint density at radius 1 is 1.25 bits per heavy atom. The number of nitrogens with zero attached hydrogens (tertiary/aromatic N) is 2. The second kappa shape index (κ2) is 5.37. The molecule has 1 aromatic heterocycles. The lowest BCUT2D eigenvalue weighted by atomic mass is 9.93. The third kappa shape index (κ3) is 2.48. The lowest BCUT2D eigenvalue weighted by molar-refractivity contribution is 0.0976. The Morgan fingerprint density at radius 2 is 2.05 bits per heavy atom. The Hall–Kier alpha value is -1.68. The van der Waals surface area contributed by atoms with Gasteiger partial charge in [0.15, 0.2) is 0 Å². The van der Waals surface area contributed by atoms with Gasteiger partial charge >= 0.3 is 0 Å². The van der Waals surface area contributed by atoms with Crippen LogP contribution in [0.25, 0.3) is 0 Å². The number of hydrogen-bond acceptors (Lipinski definition) is 2. The zero-order valence-corrected chi connectivity index (χ0v) is 12.8. The summed E-state index contributed by atoms with van der Waals surface area (Å²) in [6, 6.07) is 13.5. The minimum absolute atomic E-state index is 0.0368. The van der Waals surface area contributed by atoms with Crippen LogP contribution in [0.4, 0.5) is 5.69 Å². The molecule has 4 heteroatoms. The first-order chi connectivity index (χ1) is 9.65. The molecule has 1 aliphatic rings. The second-order valence-electron chi connectivity index (χ2n) is 5.20. The smallest absolute Gasteiger partial charge is 0.276 e. The zero-order chi connectivity index (χ0) is 14.1. The van der Waals surface area contributed by atoms with Crippen molar-refractivity contribution in [2.75, 3.05) is 11.4 Å². The summed E-state index contributed by atoms with van der Waals surface area (Å²) < 4.78 is 0.682. The molecule has 0 aliphatic carbocycles. The number of halogens is 1. The fourth-order valence-corrected chi connectivity index (χ4v) is 3.00. The molecule has 0 radical (unpaired) electrons. The van der Waals surface area contributed by atoms with E-state index in [0.717, 1.165) is 18.7 Å². The standard InChI is InChI=1S/C16H15BrN2O/c1-11-9-12-5-2-3-7-14(12)19(10-11)16(20)13-6-4-8-15(17)18-13/h2-8,11H,9-10H2,1H3. The molecule has 0 bridgehead atoms. The van der Waals surface area contributed by atoms with Gasteiger partial charge in [-0.25, -0.2) is 4.98 Å². The van der Waals surface area contributed by atoms with Gasteiger partial charge in [0, 0.05) is 12.2 Å². The average molecular weight is 331 g/mol. The van der Waals surface area contributed by atoms with Crippen LogP contribution in [0.3, 0.4) is 0 Å². The molecule has 0 saturated heterocycles. The number of carbonyl (C=O) groups excluding carboxylic acids is 1. The van der Waals surface area contributed by atoms with E-state index in [-0.39, 0.29) is 5.91 Å². The molecule has 1 atom stereocenters. The summed E-state index contributed by atoms with van der Waals surface area (Å²) in [6.07, 6.45) is 1.02. The Balaban J connectivity index is 2.00.